The van der Waals surface area contributed by atoms with E-state index in [0.29, 0.717) is 22.3 Å². The van der Waals surface area contributed by atoms with Gasteiger partial charge in [-0.3, -0.25) is 9.36 Å². The van der Waals surface area contributed by atoms with Crippen molar-refractivity contribution in [3.8, 4) is 0 Å². The molecule has 0 amide bonds. The second kappa shape index (κ2) is 8.83. The van der Waals surface area contributed by atoms with Gasteiger partial charge in [-0.05, 0) is 61.9 Å². The molecule has 1 aromatic carbocycles. The van der Waals surface area contributed by atoms with E-state index in [1.54, 1.807) is 42.6 Å². The Morgan fingerprint density at radius 3 is 2.59 bits per heavy atom. The van der Waals surface area contributed by atoms with Crippen molar-refractivity contribution in [3.05, 3.63) is 51.6 Å². The van der Waals surface area contributed by atoms with Gasteiger partial charge in [0, 0.05) is 17.9 Å². The molecule has 27 heavy (non-hydrogen) atoms. The number of nitrogens with one attached hydrogen (secondary N) is 2. The van der Waals surface area contributed by atoms with Crippen molar-refractivity contribution in [2.75, 3.05) is 10.0 Å². The van der Waals surface area contributed by atoms with Crippen molar-refractivity contribution in [1.82, 2.24) is 4.57 Å². The zero-order valence-electron chi connectivity index (χ0n) is 16.3. The van der Waals surface area contributed by atoms with Crippen LogP contribution in [0.15, 0.2) is 29.1 Å². The highest BCUT2D eigenvalue weighted by molar-refractivity contribution is 8.01. The lowest BCUT2D eigenvalue weighted by Gasteiger charge is -2.23. The van der Waals surface area contributed by atoms with Crippen molar-refractivity contribution in [3.63, 3.8) is 0 Å². The minimum Gasteiger partial charge on any atom is -0.337 e. The van der Waals surface area contributed by atoms with E-state index in [-0.39, 0.29) is 11.4 Å². The molecule has 1 saturated carbocycles. The monoisotopic (exact) mass is 389 g/mol. The third-order valence-electron chi connectivity index (χ3n) is 5.18. The first-order chi connectivity index (χ1) is 13.0. The lowest BCUT2D eigenvalue weighted by molar-refractivity contribution is 0.516. The number of halogens is 1. The zero-order valence-corrected chi connectivity index (χ0v) is 17.1. The number of rotatable bonds is 6. The molecular weight excluding hydrogens is 361 g/mol. The van der Waals surface area contributed by atoms with E-state index in [1.165, 1.54) is 32.1 Å². The number of hydrogen-bond donors (Lipinski definition) is 2. The molecule has 1 heterocycles. The first-order valence-electron chi connectivity index (χ1n) is 9.67. The van der Waals surface area contributed by atoms with Crippen molar-refractivity contribution in [2.24, 2.45) is 7.05 Å². The summed E-state index contributed by atoms with van der Waals surface area (Å²) in [5.41, 5.74) is 2.70. The van der Waals surface area contributed by atoms with Crippen LogP contribution in [0.4, 0.5) is 21.6 Å². The van der Waals surface area contributed by atoms with E-state index in [1.807, 2.05) is 19.1 Å². The third-order valence-corrected chi connectivity index (χ3v) is 6.32. The molecular formula is C21H28FN3OS. The maximum Gasteiger partial charge on any atom is 0.254 e. The van der Waals surface area contributed by atoms with Gasteiger partial charge in [-0.15, -0.1) is 0 Å². The summed E-state index contributed by atoms with van der Waals surface area (Å²) in [6.07, 6.45) is 7.05. The van der Waals surface area contributed by atoms with Gasteiger partial charge in [0.2, 0.25) is 0 Å². The summed E-state index contributed by atoms with van der Waals surface area (Å²) in [7, 11) is 1.71. The van der Waals surface area contributed by atoms with Crippen LogP contribution in [0.2, 0.25) is 0 Å². The third kappa shape index (κ3) is 4.67. The average Bonchev–Trinajstić information content (AvgIpc) is 2.69. The summed E-state index contributed by atoms with van der Waals surface area (Å²) in [5.74, 6) is 0.269. The summed E-state index contributed by atoms with van der Waals surface area (Å²) >= 11 is 1.71. The zero-order chi connectivity index (χ0) is 19.4. The number of pyridine rings is 1. The van der Waals surface area contributed by atoms with E-state index >= 15 is 0 Å². The fraction of sp³-hybridized carbons (Fsp3) is 0.476. The number of aryl methyl sites for hydroxylation is 2. The number of aromatic nitrogens is 1. The summed E-state index contributed by atoms with van der Waals surface area (Å²) in [5, 5.41) is 3.70. The van der Waals surface area contributed by atoms with Gasteiger partial charge in [0.15, 0.2) is 0 Å². The van der Waals surface area contributed by atoms with Gasteiger partial charge in [-0.2, -0.15) is 0 Å². The molecule has 1 aliphatic rings. The molecule has 1 aliphatic carbocycles. The standard InChI is InChI=1S/C21H28FN3OS/c1-4-15-10-11-18(17(22)13-15)23-20-19(12-14(2)21(26)25(20)3)24-27-16-8-6-5-7-9-16/h10-13,16,23-24H,4-9H2,1-3H3. The van der Waals surface area contributed by atoms with Crippen molar-refractivity contribution in [2.45, 2.75) is 57.6 Å². The maximum absolute atomic E-state index is 14.5. The fourth-order valence-electron chi connectivity index (χ4n) is 3.46. The number of nitrogens with zero attached hydrogens (tertiary/aromatic N) is 1. The second-order valence-electron chi connectivity index (χ2n) is 7.23. The summed E-state index contributed by atoms with van der Waals surface area (Å²) in [4.78, 5) is 12.4. The Labute approximate surface area is 164 Å². The topological polar surface area (TPSA) is 46.1 Å². The van der Waals surface area contributed by atoms with Crippen LogP contribution < -0.4 is 15.6 Å². The lowest BCUT2D eigenvalue weighted by atomic mass is 10.0. The Balaban J connectivity index is 1.88. The predicted molar refractivity (Wildman–Crippen MR) is 114 cm³/mol. The molecule has 146 valence electrons. The molecule has 2 aromatic rings. The molecule has 6 heteroatoms. The Kier molecular flexibility index (Phi) is 6.47. The van der Waals surface area contributed by atoms with Gasteiger partial charge in [0.1, 0.15) is 11.6 Å². The highest BCUT2D eigenvalue weighted by atomic mass is 32.2. The lowest BCUT2D eigenvalue weighted by Crippen LogP contribution is -2.23. The molecule has 3 rings (SSSR count). The van der Waals surface area contributed by atoms with Crippen molar-refractivity contribution < 1.29 is 4.39 Å². The van der Waals surface area contributed by atoms with E-state index < -0.39 is 0 Å². The number of anilines is 3. The van der Waals surface area contributed by atoms with Gasteiger partial charge < -0.3 is 10.0 Å². The van der Waals surface area contributed by atoms with Crippen LogP contribution in [-0.4, -0.2) is 9.82 Å². The van der Waals surface area contributed by atoms with Crippen LogP contribution in [-0.2, 0) is 13.5 Å². The fourth-order valence-corrected chi connectivity index (χ4v) is 4.48. The van der Waals surface area contributed by atoms with Crippen molar-refractivity contribution >= 4 is 29.1 Å². The smallest absolute Gasteiger partial charge is 0.254 e. The van der Waals surface area contributed by atoms with Gasteiger partial charge >= 0.3 is 0 Å². The van der Waals surface area contributed by atoms with Crippen molar-refractivity contribution in [1.29, 1.82) is 0 Å². The van der Waals surface area contributed by atoms with E-state index in [2.05, 4.69) is 10.0 Å². The van der Waals surface area contributed by atoms with E-state index in [4.69, 9.17) is 0 Å². The van der Waals surface area contributed by atoms with Crippen LogP contribution >= 0.6 is 11.9 Å². The largest absolute Gasteiger partial charge is 0.337 e. The van der Waals surface area contributed by atoms with Crippen LogP contribution in [0.5, 0.6) is 0 Å². The summed E-state index contributed by atoms with van der Waals surface area (Å²) < 4.78 is 19.4. The minimum atomic E-state index is -0.312. The molecule has 4 nitrogen and oxygen atoms in total. The van der Waals surface area contributed by atoms with Gasteiger partial charge in [-0.25, -0.2) is 4.39 Å². The second-order valence-corrected chi connectivity index (χ2v) is 8.33. The summed E-state index contributed by atoms with van der Waals surface area (Å²) in [6.45, 7) is 3.80. The van der Waals surface area contributed by atoms with Gasteiger partial charge in [0.05, 0.1) is 11.4 Å². The Hall–Kier alpha value is -1.95. The van der Waals surface area contributed by atoms with E-state index in [9.17, 15) is 9.18 Å². The molecule has 0 aliphatic heterocycles. The Morgan fingerprint density at radius 2 is 1.93 bits per heavy atom. The van der Waals surface area contributed by atoms with Crippen LogP contribution in [0, 0.1) is 12.7 Å². The van der Waals surface area contributed by atoms with Crippen LogP contribution in [0.25, 0.3) is 0 Å². The molecule has 1 fully saturated rings. The number of benzene rings is 1. The first-order valence-corrected chi connectivity index (χ1v) is 10.5. The summed E-state index contributed by atoms with van der Waals surface area (Å²) in [6, 6.07) is 7.02. The molecule has 0 spiro atoms. The number of hydrogen-bond acceptors (Lipinski definition) is 4. The normalized spacial score (nSPS) is 15.0. The predicted octanol–water partition coefficient (Wildman–Crippen LogP) is 5.53. The maximum atomic E-state index is 14.5. The Bertz CT molecular complexity index is 859. The highest BCUT2D eigenvalue weighted by Crippen LogP contribution is 2.33. The average molecular weight is 390 g/mol. The molecule has 1 aromatic heterocycles. The molecule has 0 saturated heterocycles. The Morgan fingerprint density at radius 1 is 1.19 bits per heavy atom. The highest BCUT2D eigenvalue weighted by Gasteiger charge is 2.17. The van der Waals surface area contributed by atoms with Crippen LogP contribution in [0.1, 0.15) is 50.2 Å². The molecule has 0 bridgehead atoms. The van der Waals surface area contributed by atoms with Gasteiger partial charge in [-0.1, -0.05) is 32.3 Å². The molecule has 0 radical (unpaired) electrons. The SMILES string of the molecule is CCc1ccc(Nc2c(NSC3CCCCC3)cc(C)c(=O)n2C)c(F)c1. The molecule has 0 atom stereocenters. The molecule has 2 N–H and O–H groups in total. The molecule has 0 unspecified atom stereocenters. The quantitative estimate of drug-likeness (QED) is 0.638. The first kappa shape index (κ1) is 19.8. The van der Waals surface area contributed by atoms with Crippen LogP contribution in [0.3, 0.4) is 0 Å². The minimum absolute atomic E-state index is 0.0868. The van der Waals surface area contributed by atoms with Gasteiger partial charge in [0.25, 0.3) is 5.56 Å². The van der Waals surface area contributed by atoms with E-state index in [0.717, 1.165) is 17.7 Å².